The molecule has 0 aliphatic rings. The van der Waals surface area contributed by atoms with Crippen molar-refractivity contribution in [1.29, 1.82) is 0 Å². The molecule has 0 amide bonds. The number of fused-ring (bicyclic) bond motifs is 2. The van der Waals surface area contributed by atoms with E-state index in [2.05, 4.69) is 90.2 Å². The van der Waals surface area contributed by atoms with Gasteiger partial charge in [-0.25, -0.2) is 0 Å². The summed E-state index contributed by atoms with van der Waals surface area (Å²) in [7, 11) is 0. The van der Waals surface area contributed by atoms with Crippen LogP contribution in [0, 0.1) is 0 Å². The molecule has 0 saturated carbocycles. The average molecular weight is 354 g/mol. The Labute approximate surface area is 162 Å². The van der Waals surface area contributed by atoms with E-state index < -0.39 is 0 Å². The second-order valence-electron chi connectivity index (χ2n) is 7.32. The van der Waals surface area contributed by atoms with Crippen LogP contribution in [0.4, 0.5) is 0 Å². The number of hydrogen-bond donors (Lipinski definition) is 1. The Morgan fingerprint density at radius 2 is 0.926 bits per heavy atom. The average Bonchev–Trinajstić information content (AvgIpc) is 2.73. The normalized spacial score (nSPS) is 11.3. The minimum Gasteiger partial charge on any atom is -0.317 e. The smallest absolute Gasteiger partial charge is 0.00457 e. The minimum atomic E-state index is 1.09. The molecule has 0 heterocycles. The van der Waals surface area contributed by atoms with Crippen molar-refractivity contribution in [3.05, 3.63) is 96.1 Å². The van der Waals surface area contributed by atoms with Crippen molar-refractivity contribution < 1.29 is 0 Å². The van der Waals surface area contributed by atoms with Crippen LogP contribution in [0.15, 0.2) is 84.9 Å². The molecule has 0 saturated heterocycles. The second kappa shape index (κ2) is 8.83. The lowest BCUT2D eigenvalue weighted by Gasteiger charge is -2.07. The number of benzene rings is 4. The summed E-state index contributed by atoms with van der Waals surface area (Å²) in [5.41, 5.74) is 2.87. The molecule has 0 aromatic heterocycles. The molecule has 4 rings (SSSR count). The lowest BCUT2D eigenvalue weighted by atomic mass is 10.0. The fourth-order valence-electron chi connectivity index (χ4n) is 3.75. The van der Waals surface area contributed by atoms with Gasteiger partial charge in [-0.15, -0.1) is 0 Å². The Balaban J connectivity index is 1.16. The van der Waals surface area contributed by atoms with Gasteiger partial charge in [0.2, 0.25) is 0 Å². The van der Waals surface area contributed by atoms with E-state index in [9.17, 15) is 0 Å². The van der Waals surface area contributed by atoms with Crippen LogP contribution < -0.4 is 5.32 Å². The molecule has 1 nitrogen and oxygen atoms in total. The summed E-state index contributed by atoms with van der Waals surface area (Å²) in [5, 5.41) is 8.95. The van der Waals surface area contributed by atoms with Gasteiger partial charge in [-0.05, 0) is 71.4 Å². The van der Waals surface area contributed by atoms with Gasteiger partial charge in [0.1, 0.15) is 0 Å². The van der Waals surface area contributed by atoms with Crippen LogP contribution in [0.5, 0.6) is 0 Å². The molecular weight excluding hydrogens is 326 g/mol. The maximum absolute atomic E-state index is 3.60. The van der Waals surface area contributed by atoms with Gasteiger partial charge in [-0.1, -0.05) is 84.9 Å². The first-order valence-electron chi connectivity index (χ1n) is 10.0. The number of aryl methyl sites for hydroxylation is 2. The van der Waals surface area contributed by atoms with Gasteiger partial charge in [0.25, 0.3) is 0 Å². The molecule has 0 aliphatic heterocycles. The third-order valence-corrected chi connectivity index (χ3v) is 5.27. The van der Waals surface area contributed by atoms with Crippen LogP contribution in [-0.2, 0) is 12.8 Å². The standard InChI is InChI=1S/C26H27N/c1-3-11-25-19-21(13-15-23(25)9-1)7-5-17-27-18-6-8-22-14-16-24-10-2-4-12-26(24)20-22/h1-4,9-16,19-20,27H,5-8,17-18H2. The van der Waals surface area contributed by atoms with Crippen LogP contribution in [0.2, 0.25) is 0 Å². The minimum absolute atomic E-state index is 1.09. The molecule has 0 radical (unpaired) electrons. The van der Waals surface area contributed by atoms with Crippen molar-refractivity contribution in [2.45, 2.75) is 25.7 Å². The third-order valence-electron chi connectivity index (χ3n) is 5.27. The summed E-state index contributed by atoms with van der Waals surface area (Å²) in [6.07, 6.45) is 4.66. The molecule has 0 fully saturated rings. The Morgan fingerprint density at radius 1 is 0.481 bits per heavy atom. The first kappa shape index (κ1) is 17.8. The highest BCUT2D eigenvalue weighted by Gasteiger charge is 1.98. The fourth-order valence-corrected chi connectivity index (χ4v) is 3.75. The molecule has 4 aromatic rings. The lowest BCUT2D eigenvalue weighted by molar-refractivity contribution is 0.623. The largest absolute Gasteiger partial charge is 0.317 e. The van der Waals surface area contributed by atoms with Crippen molar-refractivity contribution in [3.8, 4) is 0 Å². The SMILES string of the molecule is c1ccc2cc(CCCNCCCc3ccc4ccccc4c3)ccc2c1. The third kappa shape index (κ3) is 4.75. The summed E-state index contributed by atoms with van der Waals surface area (Å²) >= 11 is 0. The van der Waals surface area contributed by atoms with E-state index in [1.807, 2.05) is 0 Å². The summed E-state index contributed by atoms with van der Waals surface area (Å²) < 4.78 is 0. The van der Waals surface area contributed by atoms with Crippen LogP contribution in [0.3, 0.4) is 0 Å². The first-order valence-corrected chi connectivity index (χ1v) is 10.0. The van der Waals surface area contributed by atoms with E-state index in [1.54, 1.807) is 0 Å². The van der Waals surface area contributed by atoms with Gasteiger partial charge in [0, 0.05) is 0 Å². The van der Waals surface area contributed by atoms with E-state index in [1.165, 1.54) is 45.5 Å². The molecule has 0 bridgehead atoms. The zero-order chi connectivity index (χ0) is 18.3. The highest BCUT2D eigenvalue weighted by Crippen LogP contribution is 2.17. The number of hydrogen-bond acceptors (Lipinski definition) is 1. The molecule has 1 N–H and O–H groups in total. The summed E-state index contributed by atoms with van der Waals surface area (Å²) in [6, 6.07) is 30.8. The van der Waals surface area contributed by atoms with Crippen molar-refractivity contribution >= 4 is 21.5 Å². The van der Waals surface area contributed by atoms with Crippen molar-refractivity contribution in [2.24, 2.45) is 0 Å². The quantitative estimate of drug-likeness (QED) is 0.375. The zero-order valence-electron chi connectivity index (χ0n) is 15.8. The van der Waals surface area contributed by atoms with Crippen molar-refractivity contribution in [2.75, 3.05) is 13.1 Å². The second-order valence-corrected chi connectivity index (χ2v) is 7.32. The Kier molecular flexibility index (Phi) is 5.81. The highest BCUT2D eigenvalue weighted by molar-refractivity contribution is 5.83. The van der Waals surface area contributed by atoms with Gasteiger partial charge >= 0.3 is 0 Å². The Hall–Kier alpha value is -2.64. The molecule has 0 spiro atoms. The van der Waals surface area contributed by atoms with Crippen LogP contribution in [0.25, 0.3) is 21.5 Å². The lowest BCUT2D eigenvalue weighted by Crippen LogP contribution is -2.17. The van der Waals surface area contributed by atoms with E-state index in [-0.39, 0.29) is 0 Å². The van der Waals surface area contributed by atoms with Gasteiger partial charge in [-0.2, -0.15) is 0 Å². The van der Waals surface area contributed by atoms with Crippen molar-refractivity contribution in [1.82, 2.24) is 5.32 Å². The van der Waals surface area contributed by atoms with E-state index in [4.69, 9.17) is 0 Å². The molecule has 1 heteroatoms. The molecule has 0 unspecified atom stereocenters. The predicted octanol–water partition coefficient (Wildman–Crippen LogP) is 6.15. The summed E-state index contributed by atoms with van der Waals surface area (Å²) in [5.74, 6) is 0. The summed E-state index contributed by atoms with van der Waals surface area (Å²) in [4.78, 5) is 0. The Morgan fingerprint density at radius 3 is 1.41 bits per heavy atom. The number of nitrogens with one attached hydrogen (secondary N) is 1. The fraction of sp³-hybridized carbons (Fsp3) is 0.231. The summed E-state index contributed by atoms with van der Waals surface area (Å²) in [6.45, 7) is 2.18. The molecule has 4 aromatic carbocycles. The molecule has 136 valence electrons. The maximum Gasteiger partial charge on any atom is -0.00457 e. The zero-order valence-corrected chi connectivity index (χ0v) is 15.8. The van der Waals surface area contributed by atoms with E-state index in [0.717, 1.165) is 25.9 Å². The highest BCUT2D eigenvalue weighted by atomic mass is 14.8. The van der Waals surface area contributed by atoms with Crippen LogP contribution in [0.1, 0.15) is 24.0 Å². The van der Waals surface area contributed by atoms with Crippen LogP contribution in [-0.4, -0.2) is 13.1 Å². The van der Waals surface area contributed by atoms with Gasteiger partial charge in [0.15, 0.2) is 0 Å². The molecule has 0 aliphatic carbocycles. The van der Waals surface area contributed by atoms with Gasteiger partial charge < -0.3 is 5.32 Å². The van der Waals surface area contributed by atoms with E-state index in [0.29, 0.717) is 0 Å². The van der Waals surface area contributed by atoms with Crippen molar-refractivity contribution in [3.63, 3.8) is 0 Å². The molecule has 27 heavy (non-hydrogen) atoms. The number of rotatable bonds is 8. The van der Waals surface area contributed by atoms with Gasteiger partial charge in [0.05, 0.1) is 0 Å². The van der Waals surface area contributed by atoms with Gasteiger partial charge in [-0.3, -0.25) is 0 Å². The topological polar surface area (TPSA) is 12.0 Å². The first-order chi connectivity index (χ1) is 13.4. The van der Waals surface area contributed by atoms with Crippen LogP contribution >= 0.6 is 0 Å². The molecular formula is C26H27N. The Bertz CT molecular complexity index is 935. The monoisotopic (exact) mass is 353 g/mol. The van der Waals surface area contributed by atoms with E-state index >= 15 is 0 Å². The predicted molar refractivity (Wildman–Crippen MR) is 117 cm³/mol. The maximum atomic E-state index is 3.60. The molecule has 0 atom stereocenters.